The molecule has 2 amide bonds. The Kier molecular flexibility index (Phi) is 5.15. The standard InChI is InChI=1S/C19H23ClN4O3/c1-11-9-12(20)5-6-14(11)21-17(25)16-13-10-24(8-7-15(13)22-23-16)18(26)27-19(2,3)4/h5-6,9H,7-8,10H2,1-4H3,(H,21,25)(H,22,23). The van der Waals surface area contributed by atoms with E-state index in [1.165, 1.54) is 0 Å². The Hall–Kier alpha value is -2.54. The number of carbonyl (C=O) groups is 2. The van der Waals surface area contributed by atoms with Gasteiger partial charge in [-0.05, 0) is 51.5 Å². The molecule has 0 spiro atoms. The van der Waals surface area contributed by atoms with E-state index in [0.717, 1.165) is 16.8 Å². The second kappa shape index (κ2) is 7.23. The Morgan fingerprint density at radius 3 is 2.74 bits per heavy atom. The third kappa shape index (κ3) is 4.42. The number of H-pyrrole nitrogens is 1. The Labute approximate surface area is 163 Å². The number of aromatic nitrogens is 2. The molecule has 3 rings (SSSR count). The van der Waals surface area contributed by atoms with E-state index in [0.29, 0.717) is 23.7 Å². The predicted molar refractivity (Wildman–Crippen MR) is 103 cm³/mol. The molecule has 2 heterocycles. The molecule has 0 saturated carbocycles. The predicted octanol–water partition coefficient (Wildman–Crippen LogP) is 3.92. The summed E-state index contributed by atoms with van der Waals surface area (Å²) in [5, 5.41) is 10.5. The minimum atomic E-state index is -0.569. The third-order valence-electron chi connectivity index (χ3n) is 4.24. The van der Waals surface area contributed by atoms with Gasteiger partial charge in [-0.2, -0.15) is 5.10 Å². The summed E-state index contributed by atoms with van der Waals surface area (Å²) in [6, 6.07) is 5.25. The first-order valence-corrected chi connectivity index (χ1v) is 9.13. The Morgan fingerprint density at radius 1 is 1.33 bits per heavy atom. The van der Waals surface area contributed by atoms with Crippen molar-refractivity contribution in [2.75, 3.05) is 11.9 Å². The summed E-state index contributed by atoms with van der Waals surface area (Å²) < 4.78 is 5.44. The van der Waals surface area contributed by atoms with Crippen LogP contribution in [0.3, 0.4) is 0 Å². The van der Waals surface area contributed by atoms with E-state index < -0.39 is 11.7 Å². The van der Waals surface area contributed by atoms with Crippen LogP contribution in [0.1, 0.15) is 48.1 Å². The third-order valence-corrected chi connectivity index (χ3v) is 4.47. The van der Waals surface area contributed by atoms with Crippen molar-refractivity contribution < 1.29 is 14.3 Å². The van der Waals surface area contributed by atoms with Crippen LogP contribution in [0.25, 0.3) is 0 Å². The molecule has 1 aliphatic rings. The number of amides is 2. The lowest BCUT2D eigenvalue weighted by molar-refractivity contribution is 0.0222. The summed E-state index contributed by atoms with van der Waals surface area (Å²) in [6.45, 7) is 8.14. The number of ether oxygens (including phenoxy) is 1. The van der Waals surface area contributed by atoms with Crippen molar-refractivity contribution in [1.29, 1.82) is 0 Å². The number of benzene rings is 1. The molecule has 0 aliphatic carbocycles. The molecule has 8 heteroatoms. The zero-order valence-corrected chi connectivity index (χ0v) is 16.6. The molecule has 0 fully saturated rings. The normalized spacial score (nSPS) is 13.9. The molecule has 7 nitrogen and oxygen atoms in total. The highest BCUT2D eigenvalue weighted by Crippen LogP contribution is 2.24. The number of hydrogen-bond acceptors (Lipinski definition) is 4. The average Bonchev–Trinajstić information content (AvgIpc) is 2.99. The first-order chi connectivity index (χ1) is 12.6. The Bertz CT molecular complexity index is 886. The molecule has 144 valence electrons. The molecule has 0 bridgehead atoms. The molecule has 1 aromatic carbocycles. The van der Waals surface area contributed by atoms with Gasteiger partial charge in [-0.25, -0.2) is 4.79 Å². The van der Waals surface area contributed by atoms with Crippen LogP contribution in [0.2, 0.25) is 5.02 Å². The van der Waals surface area contributed by atoms with Crippen molar-refractivity contribution in [2.45, 2.75) is 46.3 Å². The molecule has 2 N–H and O–H groups in total. The van der Waals surface area contributed by atoms with Gasteiger partial charge in [0.05, 0.1) is 6.54 Å². The number of rotatable bonds is 2. The molecule has 1 aromatic heterocycles. The van der Waals surface area contributed by atoms with Crippen LogP contribution in [0.15, 0.2) is 18.2 Å². The van der Waals surface area contributed by atoms with E-state index in [4.69, 9.17) is 16.3 Å². The van der Waals surface area contributed by atoms with E-state index >= 15 is 0 Å². The van der Waals surface area contributed by atoms with Gasteiger partial charge in [0, 0.05) is 34.9 Å². The highest BCUT2D eigenvalue weighted by Gasteiger charge is 2.30. The maximum Gasteiger partial charge on any atom is 0.410 e. The van der Waals surface area contributed by atoms with E-state index in [9.17, 15) is 9.59 Å². The summed E-state index contributed by atoms with van der Waals surface area (Å²) in [5.74, 6) is -0.330. The molecule has 0 radical (unpaired) electrons. The van der Waals surface area contributed by atoms with Crippen LogP contribution in [-0.2, 0) is 17.7 Å². The lowest BCUT2D eigenvalue weighted by atomic mass is 10.1. The number of carbonyl (C=O) groups excluding carboxylic acids is 2. The van der Waals surface area contributed by atoms with Gasteiger partial charge in [0.15, 0.2) is 5.69 Å². The first-order valence-electron chi connectivity index (χ1n) is 8.75. The Balaban J connectivity index is 1.77. The van der Waals surface area contributed by atoms with E-state index in [1.807, 2.05) is 27.7 Å². The lowest BCUT2D eigenvalue weighted by Crippen LogP contribution is -2.40. The monoisotopic (exact) mass is 390 g/mol. The van der Waals surface area contributed by atoms with Gasteiger partial charge < -0.3 is 15.0 Å². The smallest absolute Gasteiger partial charge is 0.410 e. The highest BCUT2D eigenvalue weighted by molar-refractivity contribution is 6.30. The number of nitrogens with zero attached hydrogens (tertiary/aromatic N) is 2. The maximum absolute atomic E-state index is 12.7. The van der Waals surface area contributed by atoms with Gasteiger partial charge >= 0.3 is 6.09 Å². The second-order valence-electron chi connectivity index (χ2n) is 7.59. The van der Waals surface area contributed by atoms with Crippen molar-refractivity contribution in [1.82, 2.24) is 15.1 Å². The fourth-order valence-electron chi connectivity index (χ4n) is 2.91. The van der Waals surface area contributed by atoms with Gasteiger partial charge in [0.25, 0.3) is 5.91 Å². The summed E-state index contributed by atoms with van der Waals surface area (Å²) >= 11 is 5.96. The van der Waals surface area contributed by atoms with Gasteiger partial charge in [-0.3, -0.25) is 9.89 Å². The molecule has 0 atom stereocenters. The Morgan fingerprint density at radius 2 is 2.07 bits per heavy atom. The van der Waals surface area contributed by atoms with Gasteiger partial charge in [-0.1, -0.05) is 11.6 Å². The van der Waals surface area contributed by atoms with Crippen LogP contribution in [0.5, 0.6) is 0 Å². The van der Waals surface area contributed by atoms with E-state index in [1.54, 1.807) is 23.1 Å². The van der Waals surface area contributed by atoms with Gasteiger partial charge in [-0.15, -0.1) is 0 Å². The minimum absolute atomic E-state index is 0.281. The van der Waals surface area contributed by atoms with E-state index in [2.05, 4.69) is 15.5 Å². The zero-order valence-electron chi connectivity index (χ0n) is 15.9. The summed E-state index contributed by atoms with van der Waals surface area (Å²) in [5.41, 5.74) is 2.83. The molecule has 0 saturated heterocycles. The molecular weight excluding hydrogens is 368 g/mol. The van der Waals surface area contributed by atoms with Crippen molar-refractivity contribution in [2.24, 2.45) is 0 Å². The summed E-state index contributed by atoms with van der Waals surface area (Å²) in [7, 11) is 0. The topological polar surface area (TPSA) is 87.3 Å². The van der Waals surface area contributed by atoms with Crippen LogP contribution in [-0.4, -0.2) is 39.2 Å². The second-order valence-corrected chi connectivity index (χ2v) is 8.03. The van der Waals surface area contributed by atoms with Crippen molar-refractivity contribution >= 4 is 29.3 Å². The number of aryl methyl sites for hydroxylation is 1. The molecular formula is C19H23ClN4O3. The molecule has 0 unspecified atom stereocenters. The van der Waals surface area contributed by atoms with Crippen LogP contribution >= 0.6 is 11.6 Å². The summed E-state index contributed by atoms with van der Waals surface area (Å²) in [6.07, 6.45) is 0.198. The molecule has 27 heavy (non-hydrogen) atoms. The fraction of sp³-hybridized carbons (Fsp3) is 0.421. The molecule has 2 aromatic rings. The van der Waals surface area contributed by atoms with E-state index in [-0.39, 0.29) is 18.1 Å². The van der Waals surface area contributed by atoms with Crippen molar-refractivity contribution in [3.05, 3.63) is 45.7 Å². The number of nitrogens with one attached hydrogen (secondary N) is 2. The first kappa shape index (κ1) is 19.2. The quantitative estimate of drug-likeness (QED) is 0.813. The number of halogens is 1. The van der Waals surface area contributed by atoms with Crippen molar-refractivity contribution in [3.63, 3.8) is 0 Å². The zero-order chi connectivity index (χ0) is 19.8. The van der Waals surface area contributed by atoms with Gasteiger partial charge in [0.1, 0.15) is 5.60 Å². The fourth-order valence-corrected chi connectivity index (χ4v) is 3.14. The molecule has 1 aliphatic heterocycles. The number of anilines is 1. The lowest BCUT2D eigenvalue weighted by Gasteiger charge is -2.30. The van der Waals surface area contributed by atoms with Gasteiger partial charge in [0.2, 0.25) is 0 Å². The number of fused-ring (bicyclic) bond motifs is 1. The van der Waals surface area contributed by atoms with Crippen LogP contribution in [0, 0.1) is 6.92 Å². The van der Waals surface area contributed by atoms with Crippen molar-refractivity contribution in [3.8, 4) is 0 Å². The van der Waals surface area contributed by atoms with Crippen LogP contribution < -0.4 is 5.32 Å². The average molecular weight is 391 g/mol. The SMILES string of the molecule is Cc1cc(Cl)ccc1NC(=O)c1n[nH]c2c1CN(C(=O)OC(C)(C)C)CC2. The minimum Gasteiger partial charge on any atom is -0.444 e. The highest BCUT2D eigenvalue weighted by atomic mass is 35.5. The number of aromatic amines is 1. The maximum atomic E-state index is 12.7. The summed E-state index contributed by atoms with van der Waals surface area (Å²) in [4.78, 5) is 26.7. The van der Waals surface area contributed by atoms with Crippen LogP contribution in [0.4, 0.5) is 10.5 Å². The number of hydrogen-bond donors (Lipinski definition) is 2. The largest absolute Gasteiger partial charge is 0.444 e.